The Bertz CT molecular complexity index is 1160. The van der Waals surface area contributed by atoms with Crippen LogP contribution in [0.1, 0.15) is 36.0 Å². The van der Waals surface area contributed by atoms with Gasteiger partial charge in [-0.15, -0.1) is 0 Å². The van der Waals surface area contributed by atoms with Crippen molar-refractivity contribution >= 4 is 17.8 Å². The Kier molecular flexibility index (Phi) is 5.70. The highest BCUT2D eigenvalue weighted by atomic mass is 16.6. The van der Waals surface area contributed by atoms with E-state index in [0.29, 0.717) is 42.4 Å². The van der Waals surface area contributed by atoms with Crippen LogP contribution in [0, 0.1) is 0 Å². The molecule has 1 aromatic carbocycles. The van der Waals surface area contributed by atoms with Crippen LogP contribution in [0.25, 0.3) is 0 Å². The van der Waals surface area contributed by atoms with Crippen LogP contribution in [0.5, 0.6) is 5.75 Å². The molecule has 0 saturated carbocycles. The zero-order chi connectivity index (χ0) is 25.0. The predicted molar refractivity (Wildman–Crippen MR) is 121 cm³/mol. The highest BCUT2D eigenvalue weighted by Crippen LogP contribution is 2.64. The summed E-state index contributed by atoms with van der Waals surface area (Å²) in [5.41, 5.74) is 0.719. The van der Waals surface area contributed by atoms with Crippen LogP contribution in [0.15, 0.2) is 36.1 Å². The van der Waals surface area contributed by atoms with Crippen molar-refractivity contribution in [3.63, 3.8) is 0 Å². The molecule has 2 bridgehead atoms. The van der Waals surface area contributed by atoms with Gasteiger partial charge < -0.3 is 35.0 Å². The average molecular weight is 485 g/mol. The zero-order valence-corrected chi connectivity index (χ0v) is 19.3. The maximum absolute atomic E-state index is 12.6. The first-order chi connectivity index (χ1) is 16.7. The molecule has 10 nitrogen and oxygen atoms in total. The van der Waals surface area contributed by atoms with Crippen molar-refractivity contribution in [1.82, 2.24) is 10.2 Å². The Balaban J connectivity index is 1.39. The smallest absolute Gasteiger partial charge is 0.328 e. The highest BCUT2D eigenvalue weighted by molar-refractivity contribution is 5.94. The number of aliphatic hydroxyl groups is 2. The average Bonchev–Trinajstić information content (AvgIpc) is 3.17. The second-order valence-electron chi connectivity index (χ2n) is 9.59. The van der Waals surface area contributed by atoms with E-state index in [2.05, 4.69) is 10.2 Å². The summed E-state index contributed by atoms with van der Waals surface area (Å²) >= 11 is 0. The van der Waals surface area contributed by atoms with Gasteiger partial charge in [-0.2, -0.15) is 0 Å². The van der Waals surface area contributed by atoms with Crippen LogP contribution in [0.4, 0.5) is 0 Å². The van der Waals surface area contributed by atoms with Crippen molar-refractivity contribution in [3.05, 3.63) is 52.8 Å². The van der Waals surface area contributed by atoms with Gasteiger partial charge >= 0.3 is 11.9 Å². The van der Waals surface area contributed by atoms with Crippen LogP contribution in [0.3, 0.4) is 0 Å². The molecule has 5 rings (SSSR count). The zero-order valence-electron chi connectivity index (χ0n) is 19.3. The van der Waals surface area contributed by atoms with Crippen LogP contribution >= 0.6 is 0 Å². The normalized spacial score (nSPS) is 30.3. The van der Waals surface area contributed by atoms with Gasteiger partial charge in [0.25, 0.3) is 0 Å². The van der Waals surface area contributed by atoms with E-state index >= 15 is 0 Å². The molecule has 4 N–H and O–H groups in total. The molecule has 1 spiro atoms. The summed E-state index contributed by atoms with van der Waals surface area (Å²) in [6.07, 6.45) is 4.03. The largest absolute Gasteiger partial charge is 0.481 e. The molecule has 1 amide bonds. The summed E-state index contributed by atoms with van der Waals surface area (Å²) in [5.74, 6) is -1.56. The Morgan fingerprint density at radius 1 is 1.31 bits per heavy atom. The first-order valence-corrected chi connectivity index (χ1v) is 11.7. The van der Waals surface area contributed by atoms with E-state index in [1.54, 1.807) is 6.08 Å². The number of hydrogen-bond acceptors (Lipinski definition) is 8. The topological polar surface area (TPSA) is 146 Å². The molecule has 35 heavy (non-hydrogen) atoms. The standard InChI is InChI=1S/C25H28N2O8/c1-27-11-9-24-21-14-2-3-15(13-28)22(21)35-23(24)16(6-8-25(24,33)17(27)12-14)34-20(32)7-10-26-18(29)4-5-19(30)31/h2-6,17,23,28,33H,7-13H2,1H3,(H,26,29)(H,30,31)/b5-4+/t17-,23?,24?,25-/m1/s1. The third-order valence-electron chi connectivity index (χ3n) is 7.86. The van der Waals surface area contributed by atoms with E-state index in [9.17, 15) is 24.6 Å². The maximum atomic E-state index is 12.6. The van der Waals surface area contributed by atoms with Crippen molar-refractivity contribution in [3.8, 4) is 5.75 Å². The van der Waals surface area contributed by atoms with Gasteiger partial charge in [0.05, 0.1) is 24.0 Å². The number of ether oxygens (including phenoxy) is 2. The first-order valence-electron chi connectivity index (χ1n) is 11.7. The van der Waals surface area contributed by atoms with Crippen LogP contribution in [0.2, 0.25) is 0 Å². The van der Waals surface area contributed by atoms with Gasteiger partial charge in [0, 0.05) is 42.3 Å². The lowest BCUT2D eigenvalue weighted by Gasteiger charge is -2.61. The number of carbonyl (C=O) groups is 3. The Morgan fingerprint density at radius 2 is 2.11 bits per heavy atom. The number of carboxylic acid groups (broad SMARTS) is 1. The third-order valence-corrected chi connectivity index (χ3v) is 7.86. The number of carboxylic acids is 1. The predicted octanol–water partition coefficient (Wildman–Crippen LogP) is 0.147. The van der Waals surface area contributed by atoms with Crippen LogP contribution in [-0.2, 0) is 37.6 Å². The first kappa shape index (κ1) is 23.5. The molecule has 4 aliphatic rings. The lowest BCUT2D eigenvalue weighted by Crippen LogP contribution is -2.74. The van der Waals surface area contributed by atoms with Gasteiger partial charge in [0.2, 0.25) is 5.91 Å². The molecule has 1 aromatic rings. The number of rotatable bonds is 7. The van der Waals surface area contributed by atoms with Crippen molar-refractivity contribution in [2.75, 3.05) is 20.1 Å². The lowest BCUT2D eigenvalue weighted by molar-refractivity contribution is -0.169. The fourth-order valence-corrected chi connectivity index (χ4v) is 6.31. The van der Waals surface area contributed by atoms with Gasteiger partial charge in [-0.05, 0) is 38.1 Å². The van der Waals surface area contributed by atoms with Gasteiger partial charge in [-0.3, -0.25) is 9.59 Å². The molecule has 2 heterocycles. The van der Waals surface area contributed by atoms with Crippen LogP contribution < -0.4 is 10.1 Å². The molecule has 4 atom stereocenters. The molecule has 1 saturated heterocycles. The Hall–Kier alpha value is -3.21. The Labute approximate surface area is 201 Å². The lowest BCUT2D eigenvalue weighted by atomic mass is 9.50. The van der Waals surface area contributed by atoms with Gasteiger partial charge in [0.1, 0.15) is 11.5 Å². The summed E-state index contributed by atoms with van der Waals surface area (Å²) < 4.78 is 12.1. The SMILES string of the molecule is CN1CCC23c4c5ccc(CO)c4OC2C(OC(=O)CCNC(=O)/C=C/C(=O)O)=CC[C@@]3(O)[C@H]1C5. The van der Waals surface area contributed by atoms with E-state index < -0.39 is 35.0 Å². The van der Waals surface area contributed by atoms with E-state index in [4.69, 9.17) is 14.6 Å². The van der Waals surface area contributed by atoms with Crippen molar-refractivity contribution in [2.45, 2.75) is 55.5 Å². The molecular formula is C25H28N2O8. The number of amides is 1. The number of nitrogens with zero attached hydrogens (tertiary/aromatic N) is 1. The molecule has 2 aliphatic carbocycles. The number of esters is 1. The summed E-state index contributed by atoms with van der Waals surface area (Å²) in [6.45, 7) is 0.510. The monoisotopic (exact) mass is 484 g/mol. The number of hydrogen-bond donors (Lipinski definition) is 4. The molecule has 1 fully saturated rings. The molecule has 10 heteroatoms. The molecule has 186 valence electrons. The van der Waals surface area contributed by atoms with E-state index in [0.717, 1.165) is 23.7 Å². The van der Waals surface area contributed by atoms with Gasteiger partial charge in [-0.1, -0.05) is 12.1 Å². The third kappa shape index (κ3) is 3.47. The van der Waals surface area contributed by atoms with E-state index in [1.807, 2.05) is 19.2 Å². The molecular weight excluding hydrogens is 456 g/mol. The fourth-order valence-electron chi connectivity index (χ4n) is 6.31. The number of likely N-dealkylation sites (N-methyl/N-ethyl adjacent to an activating group) is 1. The highest BCUT2D eigenvalue weighted by Gasteiger charge is 2.71. The summed E-state index contributed by atoms with van der Waals surface area (Å²) in [7, 11) is 2.01. The number of carbonyl (C=O) groups excluding carboxylic acids is 2. The minimum Gasteiger partial charge on any atom is -0.481 e. The molecule has 2 aliphatic heterocycles. The number of aliphatic hydroxyl groups excluding tert-OH is 1. The second kappa shape index (κ2) is 8.47. The van der Waals surface area contributed by atoms with Crippen molar-refractivity contribution in [1.29, 1.82) is 0 Å². The number of piperidine rings is 1. The quantitative estimate of drug-likeness (QED) is 0.314. The summed E-state index contributed by atoms with van der Waals surface area (Å²) in [6, 6.07) is 3.72. The minimum absolute atomic E-state index is 0.0264. The second-order valence-corrected chi connectivity index (χ2v) is 9.59. The summed E-state index contributed by atoms with van der Waals surface area (Å²) in [4.78, 5) is 36.9. The van der Waals surface area contributed by atoms with Crippen LogP contribution in [-0.4, -0.2) is 75.9 Å². The van der Waals surface area contributed by atoms with Gasteiger partial charge in [-0.25, -0.2) is 4.79 Å². The number of likely N-dealkylation sites (tertiary alicyclic amines) is 1. The summed E-state index contributed by atoms with van der Waals surface area (Å²) in [5, 5.41) is 33.1. The Morgan fingerprint density at radius 3 is 2.86 bits per heavy atom. The number of aliphatic carboxylic acids is 1. The van der Waals surface area contributed by atoms with Crippen molar-refractivity contribution in [2.24, 2.45) is 0 Å². The van der Waals surface area contributed by atoms with Gasteiger partial charge in [0.15, 0.2) is 6.10 Å². The molecule has 0 radical (unpaired) electrons. The fraction of sp³-hybridized carbons (Fsp3) is 0.480. The maximum Gasteiger partial charge on any atom is 0.328 e. The number of benzene rings is 1. The van der Waals surface area contributed by atoms with Crippen molar-refractivity contribution < 1.29 is 39.2 Å². The number of nitrogens with one attached hydrogen (secondary N) is 1. The minimum atomic E-state index is -1.24. The molecule has 2 unspecified atom stereocenters. The molecule has 0 aromatic heterocycles. The van der Waals surface area contributed by atoms with E-state index in [-0.39, 0.29) is 25.6 Å². The van der Waals surface area contributed by atoms with E-state index in [1.165, 1.54) is 0 Å².